The number of hydrazine groups is 1. The highest BCUT2D eigenvalue weighted by Gasteiger charge is 2.34. The van der Waals surface area contributed by atoms with Gasteiger partial charge in [-0.15, -0.1) is 0 Å². The molecule has 0 bridgehead atoms. The van der Waals surface area contributed by atoms with Crippen LogP contribution in [0, 0.1) is 0 Å². The van der Waals surface area contributed by atoms with E-state index in [-0.39, 0.29) is 11.5 Å². The average molecular weight is 564 g/mol. The summed E-state index contributed by atoms with van der Waals surface area (Å²) in [4.78, 5) is 28.4. The van der Waals surface area contributed by atoms with Crippen molar-refractivity contribution < 1.29 is 19.1 Å². The number of benzene rings is 4. The lowest BCUT2D eigenvalue weighted by Gasteiger charge is -2.28. The Labute approximate surface area is 247 Å². The van der Waals surface area contributed by atoms with Gasteiger partial charge in [-0.3, -0.25) is 15.1 Å². The van der Waals surface area contributed by atoms with E-state index in [9.17, 15) is 9.59 Å². The number of likely N-dealkylation sites (N-methyl/N-ethyl adjacent to an activating group) is 1. The zero-order valence-electron chi connectivity index (χ0n) is 24.5. The fourth-order valence-corrected chi connectivity index (χ4v) is 5.14. The van der Waals surface area contributed by atoms with Gasteiger partial charge in [-0.1, -0.05) is 91.0 Å². The van der Waals surface area contributed by atoms with Gasteiger partial charge in [-0.2, -0.15) is 0 Å². The Bertz CT molecular complexity index is 1480. The molecule has 5 rings (SSSR count). The minimum Gasteiger partial charge on any atom is -0.488 e. The minimum absolute atomic E-state index is 0.279. The Morgan fingerprint density at radius 2 is 1.36 bits per heavy atom. The van der Waals surface area contributed by atoms with Crippen molar-refractivity contribution in [3.05, 3.63) is 125 Å². The third kappa shape index (κ3) is 6.81. The smallest absolute Gasteiger partial charge is 0.411 e. The Kier molecular flexibility index (Phi) is 8.59. The summed E-state index contributed by atoms with van der Waals surface area (Å²) >= 11 is 0. The summed E-state index contributed by atoms with van der Waals surface area (Å²) in [6.45, 7) is 6.41. The first-order valence-corrected chi connectivity index (χ1v) is 14.2. The standard InChI is InChI=1S/C35H37N3O4/c1-35(2,3)42-26-20-18-25(19-21-26)23-36-37-33(39)31(22-24-12-6-5-7-13-24)38(4)34(40)41-32-29-16-10-8-14-27(29)28-15-9-11-17-30(28)32/h5-21,31-32,36H,22-23H2,1-4H3,(H,37,39)/t31-/m0/s1. The van der Waals surface area contributed by atoms with Crippen LogP contribution >= 0.6 is 0 Å². The van der Waals surface area contributed by atoms with Crippen LogP contribution in [0.2, 0.25) is 0 Å². The van der Waals surface area contributed by atoms with Crippen LogP contribution in [-0.4, -0.2) is 35.6 Å². The highest BCUT2D eigenvalue weighted by molar-refractivity contribution is 5.86. The maximum absolute atomic E-state index is 13.6. The van der Waals surface area contributed by atoms with Gasteiger partial charge in [-0.05, 0) is 55.2 Å². The third-order valence-electron chi connectivity index (χ3n) is 7.18. The first kappa shape index (κ1) is 28.9. The lowest BCUT2D eigenvalue weighted by molar-refractivity contribution is -0.126. The molecule has 1 atom stereocenters. The highest BCUT2D eigenvalue weighted by atomic mass is 16.6. The van der Waals surface area contributed by atoms with E-state index in [1.54, 1.807) is 7.05 Å². The number of ether oxygens (including phenoxy) is 2. The first-order valence-electron chi connectivity index (χ1n) is 14.2. The molecule has 4 aromatic carbocycles. The van der Waals surface area contributed by atoms with Crippen molar-refractivity contribution in [2.75, 3.05) is 7.05 Å². The van der Waals surface area contributed by atoms with E-state index >= 15 is 0 Å². The van der Waals surface area contributed by atoms with Crippen LogP contribution in [0.3, 0.4) is 0 Å². The zero-order valence-corrected chi connectivity index (χ0v) is 24.5. The number of rotatable bonds is 9. The van der Waals surface area contributed by atoms with Gasteiger partial charge in [-0.25, -0.2) is 10.2 Å². The lowest BCUT2D eigenvalue weighted by atomic mass is 10.0. The van der Waals surface area contributed by atoms with Crippen LogP contribution in [0.5, 0.6) is 5.75 Å². The van der Waals surface area contributed by atoms with Gasteiger partial charge >= 0.3 is 6.09 Å². The molecule has 0 fully saturated rings. The Morgan fingerprint density at radius 3 is 1.95 bits per heavy atom. The van der Waals surface area contributed by atoms with E-state index in [0.717, 1.165) is 39.1 Å². The molecule has 4 aromatic rings. The van der Waals surface area contributed by atoms with Crippen LogP contribution in [0.15, 0.2) is 103 Å². The molecule has 0 heterocycles. The Morgan fingerprint density at radius 1 is 0.786 bits per heavy atom. The van der Waals surface area contributed by atoms with E-state index < -0.39 is 18.2 Å². The summed E-state index contributed by atoms with van der Waals surface area (Å²) in [5.74, 6) is 0.448. The molecule has 0 radical (unpaired) electrons. The summed E-state index contributed by atoms with van der Waals surface area (Å²) < 4.78 is 12.0. The van der Waals surface area contributed by atoms with Crippen LogP contribution in [0.1, 0.15) is 49.1 Å². The molecule has 2 amide bonds. The van der Waals surface area contributed by atoms with Crippen LogP contribution < -0.4 is 15.6 Å². The van der Waals surface area contributed by atoms with E-state index in [0.29, 0.717) is 13.0 Å². The second-order valence-electron chi connectivity index (χ2n) is 11.5. The molecular formula is C35H37N3O4. The van der Waals surface area contributed by atoms with E-state index in [2.05, 4.69) is 10.9 Å². The normalized spacial score (nSPS) is 13.0. The second kappa shape index (κ2) is 12.5. The molecule has 216 valence electrons. The third-order valence-corrected chi connectivity index (χ3v) is 7.18. The molecule has 0 aromatic heterocycles. The average Bonchev–Trinajstić information content (AvgIpc) is 3.29. The van der Waals surface area contributed by atoms with Gasteiger partial charge in [0.05, 0.1) is 0 Å². The number of hydrogen-bond acceptors (Lipinski definition) is 5. The van der Waals surface area contributed by atoms with Gasteiger partial charge < -0.3 is 9.47 Å². The Hall–Kier alpha value is -4.62. The molecule has 1 aliphatic rings. The van der Waals surface area contributed by atoms with Crippen molar-refractivity contribution in [3.63, 3.8) is 0 Å². The van der Waals surface area contributed by atoms with Crippen molar-refractivity contribution in [1.82, 2.24) is 15.8 Å². The van der Waals surface area contributed by atoms with E-state index in [1.165, 1.54) is 4.90 Å². The highest BCUT2D eigenvalue weighted by Crippen LogP contribution is 2.45. The van der Waals surface area contributed by atoms with Crippen molar-refractivity contribution in [2.45, 2.75) is 51.5 Å². The predicted molar refractivity (Wildman–Crippen MR) is 164 cm³/mol. The maximum atomic E-state index is 13.6. The number of carbonyl (C=O) groups is 2. The fourth-order valence-electron chi connectivity index (χ4n) is 5.14. The number of nitrogens with zero attached hydrogens (tertiary/aromatic N) is 1. The number of hydrogen-bond donors (Lipinski definition) is 2. The van der Waals surface area contributed by atoms with Gasteiger partial charge in [0.2, 0.25) is 0 Å². The first-order chi connectivity index (χ1) is 20.2. The zero-order chi connectivity index (χ0) is 29.7. The number of amides is 2. The van der Waals surface area contributed by atoms with Crippen molar-refractivity contribution in [1.29, 1.82) is 0 Å². The summed E-state index contributed by atoms with van der Waals surface area (Å²) in [5, 5.41) is 0. The molecule has 42 heavy (non-hydrogen) atoms. The molecule has 0 saturated heterocycles. The number of fused-ring (bicyclic) bond motifs is 3. The summed E-state index contributed by atoms with van der Waals surface area (Å²) in [6, 6.07) is 32.4. The van der Waals surface area contributed by atoms with Crippen molar-refractivity contribution >= 4 is 12.0 Å². The summed E-state index contributed by atoms with van der Waals surface area (Å²) in [6.07, 6.45) is -0.787. The Balaban J connectivity index is 1.27. The quantitative estimate of drug-likeness (QED) is 0.229. The lowest BCUT2D eigenvalue weighted by Crippen LogP contribution is -2.52. The molecule has 7 nitrogen and oxygen atoms in total. The van der Waals surface area contributed by atoms with E-state index in [1.807, 2.05) is 124 Å². The molecule has 0 saturated carbocycles. The molecule has 0 spiro atoms. The van der Waals surface area contributed by atoms with E-state index in [4.69, 9.17) is 9.47 Å². The predicted octanol–water partition coefficient (Wildman–Crippen LogP) is 6.43. The van der Waals surface area contributed by atoms with Gasteiger partial charge in [0.1, 0.15) is 17.4 Å². The SMILES string of the molecule is CN(C(=O)OC1c2ccccc2-c2ccccc21)[C@@H](Cc1ccccc1)C(=O)NNCc1ccc(OC(C)(C)C)cc1. The van der Waals surface area contributed by atoms with Gasteiger partial charge in [0.15, 0.2) is 6.10 Å². The largest absolute Gasteiger partial charge is 0.488 e. The second-order valence-corrected chi connectivity index (χ2v) is 11.5. The maximum Gasteiger partial charge on any atom is 0.411 e. The molecule has 7 heteroatoms. The molecular weight excluding hydrogens is 526 g/mol. The van der Waals surface area contributed by atoms with Gasteiger partial charge in [0, 0.05) is 31.1 Å². The fraction of sp³-hybridized carbons (Fsp3) is 0.257. The summed E-state index contributed by atoms with van der Waals surface area (Å²) in [7, 11) is 1.61. The van der Waals surface area contributed by atoms with Crippen LogP contribution in [0.25, 0.3) is 11.1 Å². The monoisotopic (exact) mass is 563 g/mol. The van der Waals surface area contributed by atoms with Crippen molar-refractivity contribution in [3.8, 4) is 16.9 Å². The van der Waals surface area contributed by atoms with Gasteiger partial charge in [0.25, 0.3) is 5.91 Å². The molecule has 2 N–H and O–H groups in total. The summed E-state index contributed by atoms with van der Waals surface area (Å²) in [5.41, 5.74) is 11.4. The molecule has 0 unspecified atom stereocenters. The van der Waals surface area contributed by atoms with Crippen LogP contribution in [0.4, 0.5) is 4.79 Å². The van der Waals surface area contributed by atoms with Crippen molar-refractivity contribution in [2.24, 2.45) is 0 Å². The molecule has 0 aliphatic heterocycles. The molecule has 1 aliphatic carbocycles. The topological polar surface area (TPSA) is 79.9 Å². The number of carbonyl (C=O) groups excluding carboxylic acids is 2. The number of nitrogens with one attached hydrogen (secondary N) is 2. The van der Waals surface area contributed by atoms with Crippen LogP contribution in [-0.2, 0) is 22.5 Å². The minimum atomic E-state index is -0.804.